The van der Waals surface area contributed by atoms with Crippen molar-refractivity contribution in [2.75, 3.05) is 19.0 Å². The average Bonchev–Trinajstić information content (AvgIpc) is 2.58. The first-order chi connectivity index (χ1) is 6.70. The number of nitrogens with zero attached hydrogens (tertiary/aromatic N) is 1. The summed E-state index contributed by atoms with van der Waals surface area (Å²) in [6.07, 6.45) is 0.903. The topological polar surface area (TPSA) is 20.3 Å². The minimum absolute atomic E-state index is 0.788. The Morgan fingerprint density at radius 3 is 2.71 bits per heavy atom. The smallest absolute Gasteiger partial charge is 0.160 e. The van der Waals surface area contributed by atoms with E-state index < -0.39 is 0 Å². The van der Waals surface area contributed by atoms with Crippen LogP contribution < -0.4 is 4.90 Å². The van der Waals surface area contributed by atoms with Crippen LogP contribution in [0.1, 0.15) is 9.67 Å². The molecule has 2 nitrogen and oxygen atoms in total. The number of hydrogen-bond donors (Lipinski definition) is 0. The van der Waals surface area contributed by atoms with E-state index in [1.54, 1.807) is 0 Å². The zero-order valence-electron chi connectivity index (χ0n) is 8.15. The molecule has 1 heterocycles. The first-order valence-corrected chi connectivity index (χ1v) is 5.18. The van der Waals surface area contributed by atoms with Gasteiger partial charge in [0.2, 0.25) is 0 Å². The van der Waals surface area contributed by atoms with Gasteiger partial charge in [-0.05, 0) is 23.6 Å². The zero-order valence-corrected chi connectivity index (χ0v) is 8.97. The molecule has 2 rings (SSSR count). The van der Waals surface area contributed by atoms with Crippen LogP contribution in [-0.4, -0.2) is 20.4 Å². The van der Waals surface area contributed by atoms with Gasteiger partial charge in [0, 0.05) is 24.5 Å². The highest BCUT2D eigenvalue weighted by Gasteiger charge is 2.02. The number of rotatable bonds is 2. The van der Waals surface area contributed by atoms with Crippen molar-refractivity contribution in [2.24, 2.45) is 0 Å². The zero-order chi connectivity index (χ0) is 10.1. The molecule has 72 valence electrons. The lowest BCUT2D eigenvalue weighted by Crippen LogP contribution is -2.07. The van der Waals surface area contributed by atoms with Crippen LogP contribution in [-0.2, 0) is 0 Å². The molecule has 0 amide bonds. The van der Waals surface area contributed by atoms with Gasteiger partial charge in [-0.25, -0.2) is 0 Å². The molecular formula is C11H11NOS. The van der Waals surface area contributed by atoms with Crippen LogP contribution in [0.15, 0.2) is 24.3 Å². The van der Waals surface area contributed by atoms with Crippen molar-refractivity contribution in [3.05, 3.63) is 29.1 Å². The van der Waals surface area contributed by atoms with Gasteiger partial charge in [0.25, 0.3) is 0 Å². The van der Waals surface area contributed by atoms with Gasteiger partial charge in [0.05, 0.1) is 4.88 Å². The van der Waals surface area contributed by atoms with Crippen LogP contribution in [0.4, 0.5) is 5.69 Å². The Morgan fingerprint density at radius 1 is 1.29 bits per heavy atom. The number of benzene rings is 1. The normalized spacial score (nSPS) is 10.4. The summed E-state index contributed by atoms with van der Waals surface area (Å²) in [6.45, 7) is 0. The van der Waals surface area contributed by atoms with Crippen LogP contribution in [0.2, 0.25) is 0 Å². The summed E-state index contributed by atoms with van der Waals surface area (Å²) in [5, 5.41) is 1.14. The van der Waals surface area contributed by atoms with Crippen molar-refractivity contribution in [1.29, 1.82) is 0 Å². The second-order valence-electron chi connectivity index (χ2n) is 3.38. The number of aldehydes is 1. The van der Waals surface area contributed by atoms with Crippen LogP contribution in [0.3, 0.4) is 0 Å². The van der Waals surface area contributed by atoms with E-state index >= 15 is 0 Å². The standard InChI is InChI=1S/C11H11NOS/c1-12(2)9-4-3-8-5-10(7-13)14-11(8)6-9/h3-7H,1-2H3. The monoisotopic (exact) mass is 205 g/mol. The highest BCUT2D eigenvalue weighted by Crippen LogP contribution is 2.28. The maximum Gasteiger partial charge on any atom is 0.160 e. The van der Waals surface area contributed by atoms with E-state index in [2.05, 4.69) is 17.0 Å². The molecule has 0 atom stereocenters. The molecule has 14 heavy (non-hydrogen) atoms. The second kappa shape index (κ2) is 3.42. The van der Waals surface area contributed by atoms with Crippen molar-refractivity contribution < 1.29 is 4.79 Å². The molecule has 0 unspecified atom stereocenters. The lowest BCUT2D eigenvalue weighted by molar-refractivity contribution is 0.112. The maximum atomic E-state index is 10.6. The maximum absolute atomic E-state index is 10.6. The Hall–Kier alpha value is -1.35. The fraction of sp³-hybridized carbons (Fsp3) is 0.182. The third kappa shape index (κ3) is 1.51. The summed E-state index contributed by atoms with van der Waals surface area (Å²) in [6, 6.07) is 8.14. The summed E-state index contributed by atoms with van der Waals surface area (Å²) in [4.78, 5) is 13.4. The number of hydrogen-bond acceptors (Lipinski definition) is 3. The molecule has 1 aromatic carbocycles. The molecule has 0 N–H and O–H groups in total. The number of anilines is 1. The van der Waals surface area contributed by atoms with Crippen LogP contribution in [0.25, 0.3) is 10.1 Å². The predicted octanol–water partition coefficient (Wildman–Crippen LogP) is 2.78. The summed E-state index contributed by atoms with van der Waals surface area (Å²) in [7, 11) is 4.02. The average molecular weight is 205 g/mol. The molecule has 0 aliphatic heterocycles. The number of fused-ring (bicyclic) bond motifs is 1. The van der Waals surface area contributed by atoms with Crippen LogP contribution in [0.5, 0.6) is 0 Å². The lowest BCUT2D eigenvalue weighted by Gasteiger charge is -2.11. The van der Waals surface area contributed by atoms with E-state index in [0.717, 1.165) is 22.2 Å². The third-order valence-electron chi connectivity index (χ3n) is 2.16. The number of thiophene rings is 1. The number of carbonyl (C=O) groups is 1. The van der Waals surface area contributed by atoms with E-state index in [1.165, 1.54) is 16.0 Å². The fourth-order valence-electron chi connectivity index (χ4n) is 1.38. The Bertz CT molecular complexity index is 473. The summed E-state index contributed by atoms with van der Waals surface area (Å²) in [5.74, 6) is 0. The Morgan fingerprint density at radius 2 is 2.07 bits per heavy atom. The van der Waals surface area contributed by atoms with E-state index in [0.29, 0.717) is 0 Å². The van der Waals surface area contributed by atoms with E-state index in [9.17, 15) is 4.79 Å². The van der Waals surface area contributed by atoms with Crippen molar-refractivity contribution in [3.8, 4) is 0 Å². The molecule has 0 saturated heterocycles. The largest absolute Gasteiger partial charge is 0.378 e. The molecule has 2 aromatic rings. The number of carbonyl (C=O) groups excluding carboxylic acids is 1. The molecule has 0 radical (unpaired) electrons. The SMILES string of the molecule is CN(C)c1ccc2cc(C=O)sc2c1. The first-order valence-electron chi connectivity index (χ1n) is 4.37. The van der Waals surface area contributed by atoms with Crippen molar-refractivity contribution in [3.63, 3.8) is 0 Å². The van der Waals surface area contributed by atoms with Gasteiger partial charge in [-0.15, -0.1) is 11.3 Å². The molecule has 0 aliphatic carbocycles. The highest BCUT2D eigenvalue weighted by molar-refractivity contribution is 7.20. The highest BCUT2D eigenvalue weighted by atomic mass is 32.1. The van der Waals surface area contributed by atoms with Crippen molar-refractivity contribution >= 4 is 33.4 Å². The molecule has 0 saturated carbocycles. The second-order valence-corrected chi connectivity index (χ2v) is 4.50. The molecular weight excluding hydrogens is 194 g/mol. The van der Waals surface area contributed by atoms with Gasteiger partial charge in [-0.3, -0.25) is 4.79 Å². The Balaban J connectivity index is 2.59. The quantitative estimate of drug-likeness (QED) is 0.703. The van der Waals surface area contributed by atoms with E-state index in [4.69, 9.17) is 0 Å². The van der Waals surface area contributed by atoms with Gasteiger partial charge >= 0.3 is 0 Å². The summed E-state index contributed by atoms with van der Waals surface area (Å²) in [5.41, 5.74) is 1.16. The summed E-state index contributed by atoms with van der Waals surface area (Å²) < 4.78 is 1.17. The van der Waals surface area contributed by atoms with Gasteiger partial charge in [0.15, 0.2) is 6.29 Å². The van der Waals surface area contributed by atoms with E-state index in [1.807, 2.05) is 26.2 Å². The predicted molar refractivity (Wildman–Crippen MR) is 61.5 cm³/mol. The minimum Gasteiger partial charge on any atom is -0.378 e. The Kier molecular flexibility index (Phi) is 2.25. The van der Waals surface area contributed by atoms with Gasteiger partial charge in [-0.1, -0.05) is 6.07 Å². The fourth-order valence-corrected chi connectivity index (χ4v) is 2.29. The molecule has 0 aliphatic rings. The van der Waals surface area contributed by atoms with Crippen molar-refractivity contribution in [1.82, 2.24) is 0 Å². The van der Waals surface area contributed by atoms with Crippen LogP contribution in [0, 0.1) is 0 Å². The van der Waals surface area contributed by atoms with E-state index in [-0.39, 0.29) is 0 Å². The Labute approximate surface area is 86.8 Å². The third-order valence-corrected chi connectivity index (χ3v) is 3.18. The lowest BCUT2D eigenvalue weighted by atomic mass is 10.2. The van der Waals surface area contributed by atoms with Crippen molar-refractivity contribution in [2.45, 2.75) is 0 Å². The first kappa shape index (κ1) is 9.21. The molecule has 0 bridgehead atoms. The molecule has 0 spiro atoms. The van der Waals surface area contributed by atoms with Crippen LogP contribution >= 0.6 is 11.3 Å². The summed E-state index contributed by atoms with van der Waals surface area (Å²) >= 11 is 1.53. The molecule has 1 aromatic heterocycles. The molecule has 0 fully saturated rings. The van der Waals surface area contributed by atoms with Gasteiger partial charge < -0.3 is 4.90 Å². The van der Waals surface area contributed by atoms with Gasteiger partial charge in [-0.2, -0.15) is 0 Å². The van der Waals surface area contributed by atoms with Gasteiger partial charge in [0.1, 0.15) is 0 Å². The minimum atomic E-state index is 0.788. The molecule has 3 heteroatoms.